The van der Waals surface area contributed by atoms with E-state index in [1.165, 1.54) is 11.8 Å². The third-order valence-electron chi connectivity index (χ3n) is 4.71. The molecule has 0 saturated carbocycles. The second kappa shape index (κ2) is 7.57. The Bertz CT molecular complexity index is 831. The zero-order chi connectivity index (χ0) is 18.7. The first-order valence-electron chi connectivity index (χ1n) is 8.60. The number of amides is 3. The second-order valence-corrected chi connectivity index (χ2v) is 6.46. The van der Waals surface area contributed by atoms with Crippen molar-refractivity contribution < 1.29 is 14.4 Å². The third kappa shape index (κ3) is 3.70. The van der Waals surface area contributed by atoms with E-state index in [0.717, 1.165) is 16.5 Å². The van der Waals surface area contributed by atoms with Crippen molar-refractivity contribution >= 4 is 28.6 Å². The molecule has 1 fully saturated rings. The van der Waals surface area contributed by atoms with E-state index in [1.54, 1.807) is 0 Å². The molecule has 138 valence electrons. The van der Waals surface area contributed by atoms with Gasteiger partial charge in [-0.1, -0.05) is 18.2 Å². The van der Waals surface area contributed by atoms with Crippen LogP contribution >= 0.6 is 0 Å². The number of fused-ring (bicyclic) bond motifs is 1. The maximum Gasteiger partial charge on any atom is 0.244 e. The molecule has 8 heteroatoms. The molecule has 1 aromatic carbocycles. The number of hydrogen-bond donors (Lipinski definition) is 4. The zero-order valence-corrected chi connectivity index (χ0v) is 14.6. The number of para-hydroxylation sites is 1. The monoisotopic (exact) mass is 357 g/mol. The summed E-state index contributed by atoms with van der Waals surface area (Å²) in [6.07, 6.45) is 2.10. The molecule has 2 aromatic rings. The number of H-pyrrole nitrogens is 1. The quantitative estimate of drug-likeness (QED) is 0.576. The van der Waals surface area contributed by atoms with Gasteiger partial charge < -0.3 is 26.3 Å². The average molecular weight is 357 g/mol. The molecule has 1 aliphatic rings. The Morgan fingerprint density at radius 1 is 1.35 bits per heavy atom. The maximum atomic E-state index is 12.7. The van der Waals surface area contributed by atoms with Crippen LogP contribution in [-0.2, 0) is 20.8 Å². The summed E-state index contributed by atoms with van der Waals surface area (Å²) in [5.41, 5.74) is 7.36. The summed E-state index contributed by atoms with van der Waals surface area (Å²) in [5.74, 6) is -1.16. The Labute approximate surface area is 151 Å². The van der Waals surface area contributed by atoms with Gasteiger partial charge in [0.1, 0.15) is 12.1 Å². The van der Waals surface area contributed by atoms with Gasteiger partial charge in [0.05, 0.1) is 0 Å². The molecule has 8 nitrogen and oxygen atoms in total. The van der Waals surface area contributed by atoms with Crippen LogP contribution in [0.25, 0.3) is 10.9 Å². The van der Waals surface area contributed by atoms with Crippen LogP contribution < -0.4 is 16.4 Å². The lowest BCUT2D eigenvalue weighted by Gasteiger charge is -2.35. The average Bonchev–Trinajstić information content (AvgIpc) is 3.04. The van der Waals surface area contributed by atoms with Crippen LogP contribution in [0.2, 0.25) is 0 Å². The predicted octanol–water partition coefficient (Wildman–Crippen LogP) is -0.499. The molecule has 0 spiro atoms. The van der Waals surface area contributed by atoms with Crippen LogP contribution in [0.4, 0.5) is 0 Å². The van der Waals surface area contributed by atoms with Crippen LogP contribution in [0.5, 0.6) is 0 Å². The van der Waals surface area contributed by atoms with Crippen molar-refractivity contribution in [3.63, 3.8) is 0 Å². The minimum absolute atomic E-state index is 0.168. The number of nitrogens with two attached hydrogens (primary N) is 1. The van der Waals surface area contributed by atoms with Crippen molar-refractivity contribution in [2.24, 2.45) is 5.73 Å². The van der Waals surface area contributed by atoms with Crippen LogP contribution in [0.3, 0.4) is 0 Å². The van der Waals surface area contributed by atoms with Crippen molar-refractivity contribution in [2.45, 2.75) is 25.4 Å². The molecule has 0 aliphatic carbocycles. The summed E-state index contributed by atoms with van der Waals surface area (Å²) in [4.78, 5) is 41.0. The van der Waals surface area contributed by atoms with E-state index in [-0.39, 0.29) is 18.2 Å². The third-order valence-corrected chi connectivity index (χ3v) is 4.71. The van der Waals surface area contributed by atoms with E-state index < -0.39 is 18.0 Å². The maximum absolute atomic E-state index is 12.7. The summed E-state index contributed by atoms with van der Waals surface area (Å²) >= 11 is 0. The van der Waals surface area contributed by atoms with Crippen molar-refractivity contribution in [3.8, 4) is 0 Å². The number of hydrogen-bond acceptors (Lipinski definition) is 4. The zero-order valence-electron chi connectivity index (χ0n) is 14.6. The topological polar surface area (TPSA) is 120 Å². The number of carbonyl (C=O) groups excluding carboxylic acids is 3. The Kier molecular flexibility index (Phi) is 5.22. The Hall–Kier alpha value is -2.87. The number of aromatic nitrogens is 1. The minimum Gasteiger partial charge on any atom is -0.368 e. The van der Waals surface area contributed by atoms with Gasteiger partial charge in [-0.15, -0.1) is 0 Å². The number of carbonyl (C=O) groups is 3. The molecule has 1 saturated heterocycles. The molecule has 1 aliphatic heterocycles. The minimum atomic E-state index is -0.850. The highest BCUT2D eigenvalue weighted by molar-refractivity contribution is 5.92. The Morgan fingerprint density at radius 3 is 2.85 bits per heavy atom. The molecular weight excluding hydrogens is 334 g/mol. The predicted molar refractivity (Wildman–Crippen MR) is 97.2 cm³/mol. The number of nitrogens with one attached hydrogen (secondary N) is 3. The van der Waals surface area contributed by atoms with Gasteiger partial charge in [-0.3, -0.25) is 14.4 Å². The molecular formula is C18H23N5O3. The summed E-state index contributed by atoms with van der Waals surface area (Å²) in [6.45, 7) is 2.88. The normalized spacial score (nSPS) is 18.5. The van der Waals surface area contributed by atoms with Crippen LogP contribution in [0.15, 0.2) is 30.5 Å². The first-order chi connectivity index (χ1) is 12.5. The van der Waals surface area contributed by atoms with Gasteiger partial charge in [-0.25, -0.2) is 0 Å². The number of piperazine rings is 1. The van der Waals surface area contributed by atoms with Gasteiger partial charge in [0.25, 0.3) is 0 Å². The van der Waals surface area contributed by atoms with Gasteiger partial charge in [-0.05, 0) is 11.6 Å². The van der Waals surface area contributed by atoms with Crippen molar-refractivity contribution in [1.82, 2.24) is 20.5 Å². The molecule has 0 unspecified atom stereocenters. The number of nitrogens with zero attached hydrogens (tertiary/aromatic N) is 1. The van der Waals surface area contributed by atoms with E-state index in [0.29, 0.717) is 19.6 Å². The molecule has 2 heterocycles. The van der Waals surface area contributed by atoms with E-state index in [9.17, 15) is 14.4 Å². The largest absolute Gasteiger partial charge is 0.368 e. The van der Waals surface area contributed by atoms with Gasteiger partial charge in [0.15, 0.2) is 0 Å². The fraction of sp³-hybridized carbons (Fsp3) is 0.389. The highest BCUT2D eigenvalue weighted by Crippen LogP contribution is 2.19. The lowest BCUT2D eigenvalue weighted by atomic mass is 10.0. The molecule has 26 heavy (non-hydrogen) atoms. The van der Waals surface area contributed by atoms with E-state index in [2.05, 4.69) is 15.6 Å². The molecule has 0 bridgehead atoms. The van der Waals surface area contributed by atoms with Gasteiger partial charge >= 0.3 is 0 Å². The number of aromatic amines is 1. The smallest absolute Gasteiger partial charge is 0.244 e. The molecule has 0 radical (unpaired) electrons. The van der Waals surface area contributed by atoms with Crippen molar-refractivity contribution in [2.75, 3.05) is 19.6 Å². The lowest BCUT2D eigenvalue weighted by molar-refractivity contribution is -0.140. The van der Waals surface area contributed by atoms with E-state index in [1.807, 2.05) is 30.5 Å². The Balaban J connectivity index is 1.75. The highest BCUT2D eigenvalue weighted by atomic mass is 16.2. The number of benzene rings is 1. The summed E-state index contributed by atoms with van der Waals surface area (Å²) in [5, 5.41) is 6.79. The lowest BCUT2D eigenvalue weighted by Crippen LogP contribution is -2.61. The fourth-order valence-electron chi connectivity index (χ4n) is 3.33. The van der Waals surface area contributed by atoms with Gasteiger partial charge in [0, 0.05) is 50.1 Å². The first-order valence-corrected chi connectivity index (χ1v) is 8.60. The first kappa shape index (κ1) is 17.9. The van der Waals surface area contributed by atoms with Gasteiger partial charge in [0.2, 0.25) is 17.7 Å². The standard InChI is InChI=1S/C18H23N5O3/c1-11(24)23-7-6-20-10-16(23)18(26)22-15(17(19)25)8-12-9-21-14-5-3-2-4-13(12)14/h2-5,9,15-16,20-21H,6-8,10H2,1H3,(H2,19,25)(H,22,26)/t15-,16-/m1/s1. The summed E-state index contributed by atoms with van der Waals surface area (Å²) in [6, 6.07) is 6.22. The fourth-order valence-corrected chi connectivity index (χ4v) is 3.33. The summed E-state index contributed by atoms with van der Waals surface area (Å²) < 4.78 is 0. The molecule has 5 N–H and O–H groups in total. The van der Waals surface area contributed by atoms with Crippen LogP contribution in [0.1, 0.15) is 12.5 Å². The van der Waals surface area contributed by atoms with Crippen LogP contribution in [0, 0.1) is 0 Å². The van der Waals surface area contributed by atoms with Gasteiger partial charge in [-0.2, -0.15) is 0 Å². The number of rotatable bonds is 5. The van der Waals surface area contributed by atoms with Crippen LogP contribution in [-0.4, -0.2) is 59.3 Å². The molecule has 1 aromatic heterocycles. The summed E-state index contributed by atoms with van der Waals surface area (Å²) in [7, 11) is 0. The van der Waals surface area contributed by atoms with Crippen molar-refractivity contribution in [1.29, 1.82) is 0 Å². The van der Waals surface area contributed by atoms with E-state index in [4.69, 9.17) is 5.73 Å². The second-order valence-electron chi connectivity index (χ2n) is 6.46. The van der Waals surface area contributed by atoms with Crippen molar-refractivity contribution in [3.05, 3.63) is 36.0 Å². The Morgan fingerprint density at radius 2 is 2.12 bits per heavy atom. The highest BCUT2D eigenvalue weighted by Gasteiger charge is 2.32. The number of primary amides is 1. The molecule has 3 rings (SSSR count). The molecule has 2 atom stereocenters. The molecule has 3 amide bonds. The van der Waals surface area contributed by atoms with E-state index >= 15 is 0 Å². The SMILES string of the molecule is CC(=O)N1CCNC[C@@H]1C(=O)N[C@H](Cc1c[nH]c2ccccc12)C(N)=O.